The molecule has 2 aliphatic heterocycles. The van der Waals surface area contributed by atoms with Gasteiger partial charge in [-0.25, -0.2) is 0 Å². The highest BCUT2D eigenvalue weighted by Gasteiger charge is 2.21. The number of ether oxygens (including phenoxy) is 2. The van der Waals surface area contributed by atoms with Gasteiger partial charge in [-0.3, -0.25) is 4.99 Å². The van der Waals surface area contributed by atoms with E-state index in [1.165, 1.54) is 32.4 Å². The molecule has 1 unspecified atom stereocenters. The van der Waals surface area contributed by atoms with Gasteiger partial charge in [0.05, 0.1) is 12.7 Å². The lowest BCUT2D eigenvalue weighted by Gasteiger charge is -2.35. The topological polar surface area (TPSA) is 58.1 Å². The number of likely N-dealkylation sites (tertiary alicyclic amines) is 1. The van der Waals surface area contributed by atoms with Crippen LogP contribution >= 0.6 is 24.0 Å². The van der Waals surface area contributed by atoms with E-state index >= 15 is 0 Å². The van der Waals surface area contributed by atoms with Gasteiger partial charge in [-0.1, -0.05) is 0 Å². The Morgan fingerprint density at radius 1 is 1.28 bits per heavy atom. The summed E-state index contributed by atoms with van der Waals surface area (Å²) < 4.78 is 11.2. The maximum atomic E-state index is 5.69. The average Bonchev–Trinajstić information content (AvgIpc) is 3.10. The fourth-order valence-corrected chi connectivity index (χ4v) is 3.32. The molecule has 0 aromatic carbocycles. The summed E-state index contributed by atoms with van der Waals surface area (Å²) in [6.07, 6.45) is 5.99. The standard InChI is InChI=1S/C18H36N4O2.HI/c1-15(2)22-10-7-16(8-11-22)21-18(19-3)20-9-5-12-23-14-17-6-4-13-24-17;/h15-17H,4-14H2,1-3H3,(H2,19,20,21);1H. The van der Waals surface area contributed by atoms with Gasteiger partial charge in [-0.2, -0.15) is 0 Å². The van der Waals surface area contributed by atoms with E-state index in [0.29, 0.717) is 18.2 Å². The molecule has 2 saturated heterocycles. The van der Waals surface area contributed by atoms with Crippen LogP contribution < -0.4 is 10.6 Å². The van der Waals surface area contributed by atoms with Crippen LogP contribution in [0.3, 0.4) is 0 Å². The van der Waals surface area contributed by atoms with Crippen molar-refractivity contribution in [3.63, 3.8) is 0 Å². The van der Waals surface area contributed by atoms with E-state index in [0.717, 1.165) is 45.2 Å². The first kappa shape index (κ1) is 22.9. The molecule has 0 aliphatic carbocycles. The van der Waals surface area contributed by atoms with Crippen molar-refractivity contribution in [2.75, 3.05) is 46.5 Å². The Morgan fingerprint density at radius 3 is 2.64 bits per heavy atom. The van der Waals surface area contributed by atoms with E-state index in [4.69, 9.17) is 9.47 Å². The number of aliphatic imine (C=N–C) groups is 1. The van der Waals surface area contributed by atoms with Crippen LogP contribution in [0, 0.1) is 0 Å². The Labute approximate surface area is 170 Å². The highest BCUT2D eigenvalue weighted by Crippen LogP contribution is 2.13. The van der Waals surface area contributed by atoms with Gasteiger partial charge in [-0.05, 0) is 46.0 Å². The van der Waals surface area contributed by atoms with E-state index in [2.05, 4.69) is 34.4 Å². The summed E-state index contributed by atoms with van der Waals surface area (Å²) >= 11 is 0. The van der Waals surface area contributed by atoms with Crippen molar-refractivity contribution in [1.29, 1.82) is 0 Å². The predicted octanol–water partition coefficient (Wildman–Crippen LogP) is 2.23. The second-order valence-electron chi connectivity index (χ2n) is 7.11. The molecule has 6 nitrogen and oxygen atoms in total. The molecule has 25 heavy (non-hydrogen) atoms. The van der Waals surface area contributed by atoms with Gasteiger partial charge in [0, 0.05) is 52.0 Å². The number of piperidine rings is 1. The quantitative estimate of drug-likeness (QED) is 0.248. The molecule has 2 fully saturated rings. The molecule has 0 amide bonds. The molecule has 148 valence electrons. The average molecular weight is 468 g/mol. The number of hydrogen-bond donors (Lipinski definition) is 2. The molecule has 0 saturated carbocycles. The molecule has 2 rings (SSSR count). The molecular formula is C18H37IN4O2. The Balaban J connectivity index is 0.00000312. The van der Waals surface area contributed by atoms with Gasteiger partial charge >= 0.3 is 0 Å². The minimum absolute atomic E-state index is 0. The van der Waals surface area contributed by atoms with Crippen LogP contribution in [-0.4, -0.2) is 75.5 Å². The van der Waals surface area contributed by atoms with Gasteiger partial charge in [0.25, 0.3) is 0 Å². The molecule has 0 aromatic heterocycles. The summed E-state index contributed by atoms with van der Waals surface area (Å²) in [6.45, 7) is 10.2. The Morgan fingerprint density at radius 2 is 2.04 bits per heavy atom. The minimum atomic E-state index is 0. The summed E-state index contributed by atoms with van der Waals surface area (Å²) in [5.41, 5.74) is 0. The van der Waals surface area contributed by atoms with Crippen molar-refractivity contribution in [2.24, 2.45) is 4.99 Å². The largest absolute Gasteiger partial charge is 0.379 e. The third-order valence-electron chi connectivity index (χ3n) is 4.91. The number of guanidine groups is 1. The van der Waals surface area contributed by atoms with Crippen molar-refractivity contribution < 1.29 is 9.47 Å². The van der Waals surface area contributed by atoms with E-state index in [9.17, 15) is 0 Å². The third kappa shape index (κ3) is 8.88. The van der Waals surface area contributed by atoms with Gasteiger partial charge in [0.1, 0.15) is 0 Å². The SMILES string of the molecule is CN=C(NCCCOCC1CCCO1)NC1CCN(C(C)C)CC1.I. The lowest BCUT2D eigenvalue weighted by atomic mass is 10.0. The van der Waals surface area contributed by atoms with Crippen LogP contribution in [0.15, 0.2) is 4.99 Å². The number of rotatable bonds is 8. The zero-order valence-electron chi connectivity index (χ0n) is 16.1. The Bertz CT molecular complexity index is 368. The second-order valence-corrected chi connectivity index (χ2v) is 7.11. The zero-order valence-corrected chi connectivity index (χ0v) is 18.5. The molecule has 0 aromatic rings. The number of halogens is 1. The molecule has 2 N–H and O–H groups in total. The number of hydrogen-bond acceptors (Lipinski definition) is 4. The molecular weight excluding hydrogens is 431 g/mol. The Hall–Kier alpha value is -0.120. The van der Waals surface area contributed by atoms with Crippen molar-refractivity contribution in [3.8, 4) is 0 Å². The first-order valence-electron chi connectivity index (χ1n) is 9.59. The van der Waals surface area contributed by atoms with E-state index < -0.39 is 0 Å². The lowest BCUT2D eigenvalue weighted by molar-refractivity contribution is 0.0168. The fraction of sp³-hybridized carbons (Fsp3) is 0.944. The van der Waals surface area contributed by atoms with E-state index in [1.807, 2.05) is 7.05 Å². The molecule has 7 heteroatoms. The van der Waals surface area contributed by atoms with Gasteiger partial charge < -0.3 is 25.0 Å². The fourth-order valence-electron chi connectivity index (χ4n) is 3.32. The first-order valence-corrected chi connectivity index (χ1v) is 9.59. The highest BCUT2D eigenvalue weighted by molar-refractivity contribution is 14.0. The first-order chi connectivity index (χ1) is 11.7. The summed E-state index contributed by atoms with van der Waals surface area (Å²) in [4.78, 5) is 6.88. The monoisotopic (exact) mass is 468 g/mol. The summed E-state index contributed by atoms with van der Waals surface area (Å²) in [5, 5.41) is 6.95. The molecule has 0 spiro atoms. The molecule has 0 bridgehead atoms. The van der Waals surface area contributed by atoms with Crippen LogP contribution in [-0.2, 0) is 9.47 Å². The molecule has 2 aliphatic rings. The molecule has 1 atom stereocenters. The maximum Gasteiger partial charge on any atom is 0.191 e. The lowest BCUT2D eigenvalue weighted by Crippen LogP contribution is -2.50. The van der Waals surface area contributed by atoms with Crippen LogP contribution in [0.5, 0.6) is 0 Å². The van der Waals surface area contributed by atoms with E-state index in [1.54, 1.807) is 0 Å². The second kappa shape index (κ2) is 13.1. The number of nitrogens with zero attached hydrogens (tertiary/aromatic N) is 2. The van der Waals surface area contributed by atoms with Crippen molar-refractivity contribution in [2.45, 2.75) is 64.1 Å². The highest BCUT2D eigenvalue weighted by atomic mass is 127. The van der Waals surface area contributed by atoms with Crippen LogP contribution in [0.2, 0.25) is 0 Å². The van der Waals surface area contributed by atoms with Crippen molar-refractivity contribution in [1.82, 2.24) is 15.5 Å². The molecule has 0 radical (unpaired) electrons. The zero-order chi connectivity index (χ0) is 17.2. The summed E-state index contributed by atoms with van der Waals surface area (Å²) in [5.74, 6) is 0.914. The summed E-state index contributed by atoms with van der Waals surface area (Å²) in [7, 11) is 1.84. The summed E-state index contributed by atoms with van der Waals surface area (Å²) in [6, 6.07) is 1.18. The number of nitrogens with one attached hydrogen (secondary N) is 2. The van der Waals surface area contributed by atoms with Gasteiger partial charge in [0.15, 0.2) is 5.96 Å². The minimum Gasteiger partial charge on any atom is -0.379 e. The normalized spacial score (nSPS) is 22.9. The van der Waals surface area contributed by atoms with Crippen molar-refractivity contribution >= 4 is 29.9 Å². The smallest absolute Gasteiger partial charge is 0.191 e. The van der Waals surface area contributed by atoms with Crippen LogP contribution in [0.1, 0.15) is 46.0 Å². The van der Waals surface area contributed by atoms with Crippen LogP contribution in [0.25, 0.3) is 0 Å². The third-order valence-corrected chi connectivity index (χ3v) is 4.91. The van der Waals surface area contributed by atoms with Crippen molar-refractivity contribution in [3.05, 3.63) is 0 Å². The molecule has 2 heterocycles. The van der Waals surface area contributed by atoms with Gasteiger partial charge in [-0.15, -0.1) is 24.0 Å². The van der Waals surface area contributed by atoms with Gasteiger partial charge in [0.2, 0.25) is 0 Å². The van der Waals surface area contributed by atoms with Crippen LogP contribution in [0.4, 0.5) is 0 Å². The maximum absolute atomic E-state index is 5.69. The Kier molecular flexibility index (Phi) is 12.0. The predicted molar refractivity (Wildman–Crippen MR) is 114 cm³/mol. The van der Waals surface area contributed by atoms with E-state index in [-0.39, 0.29) is 24.0 Å².